The lowest BCUT2D eigenvalue weighted by atomic mass is 9.82. The zero-order chi connectivity index (χ0) is 9.54. The van der Waals surface area contributed by atoms with E-state index >= 15 is 0 Å². The maximum absolute atomic E-state index is 13.1. The van der Waals surface area contributed by atoms with E-state index in [1.54, 1.807) is 6.08 Å². The Hall–Kier alpha value is -0.960. The molecule has 0 radical (unpaired) electrons. The molecule has 0 aromatic rings. The third-order valence-electron chi connectivity index (χ3n) is 3.33. The average Bonchev–Trinajstić information content (AvgIpc) is 2.56. The van der Waals surface area contributed by atoms with Gasteiger partial charge in [0.25, 0.3) is 0 Å². The number of hydrogen-bond acceptors (Lipinski definition) is 2. The second-order valence-electron chi connectivity index (χ2n) is 4.16. The lowest BCUT2D eigenvalue weighted by molar-refractivity contribution is 0.437. The fourth-order valence-corrected chi connectivity index (χ4v) is 2.63. The SMILES string of the molecule is FC1=CC2C(C=C1)N=C1CCNCC12. The quantitative estimate of drug-likeness (QED) is 0.617. The molecule has 3 heteroatoms. The first kappa shape index (κ1) is 8.36. The van der Waals surface area contributed by atoms with Crippen LogP contribution in [0.25, 0.3) is 0 Å². The third-order valence-corrected chi connectivity index (χ3v) is 3.33. The fraction of sp³-hybridized carbons (Fsp3) is 0.545. The smallest absolute Gasteiger partial charge is 0.119 e. The molecule has 0 aromatic heterocycles. The van der Waals surface area contributed by atoms with Gasteiger partial charge in [0.1, 0.15) is 5.83 Å². The highest BCUT2D eigenvalue weighted by molar-refractivity contribution is 5.90. The maximum Gasteiger partial charge on any atom is 0.119 e. The van der Waals surface area contributed by atoms with E-state index in [4.69, 9.17) is 0 Å². The Balaban J connectivity index is 1.93. The zero-order valence-corrected chi connectivity index (χ0v) is 7.91. The standard InChI is InChI=1S/C11H13FN2/c12-7-1-2-10-8(5-7)9-6-13-4-3-11(9)14-10/h1-2,5,8-10,13H,3-4,6H2. The van der Waals surface area contributed by atoms with Gasteiger partial charge in [0.15, 0.2) is 0 Å². The summed E-state index contributed by atoms with van der Waals surface area (Å²) in [6.45, 7) is 1.97. The molecule has 1 saturated heterocycles. The van der Waals surface area contributed by atoms with Crippen LogP contribution in [0.5, 0.6) is 0 Å². The van der Waals surface area contributed by atoms with E-state index in [9.17, 15) is 4.39 Å². The number of piperidine rings is 1. The Morgan fingerprint density at radius 1 is 1.50 bits per heavy atom. The van der Waals surface area contributed by atoms with Gasteiger partial charge in [-0.25, -0.2) is 4.39 Å². The van der Waals surface area contributed by atoms with E-state index in [1.165, 1.54) is 11.8 Å². The molecule has 3 unspecified atom stereocenters. The van der Waals surface area contributed by atoms with Crippen LogP contribution in [-0.2, 0) is 0 Å². The summed E-state index contributed by atoms with van der Waals surface area (Å²) in [6.07, 6.45) is 6.20. The van der Waals surface area contributed by atoms with Gasteiger partial charge in [-0.15, -0.1) is 0 Å². The van der Waals surface area contributed by atoms with Crippen LogP contribution in [0.3, 0.4) is 0 Å². The summed E-state index contributed by atoms with van der Waals surface area (Å²) in [5.41, 5.74) is 1.29. The highest BCUT2D eigenvalue weighted by atomic mass is 19.1. The molecule has 0 saturated carbocycles. The van der Waals surface area contributed by atoms with Crippen molar-refractivity contribution in [1.29, 1.82) is 0 Å². The summed E-state index contributed by atoms with van der Waals surface area (Å²) in [4.78, 5) is 4.65. The number of halogens is 1. The minimum Gasteiger partial charge on any atom is -0.316 e. The molecular formula is C11H13FN2. The molecule has 1 N–H and O–H groups in total. The minimum atomic E-state index is -0.103. The second kappa shape index (κ2) is 3.02. The minimum absolute atomic E-state index is 0.103. The van der Waals surface area contributed by atoms with Gasteiger partial charge in [0, 0.05) is 30.6 Å². The third kappa shape index (κ3) is 1.16. The molecular weight excluding hydrogens is 179 g/mol. The first-order chi connectivity index (χ1) is 6.84. The van der Waals surface area contributed by atoms with Gasteiger partial charge in [0.05, 0.1) is 6.04 Å². The monoisotopic (exact) mass is 192 g/mol. The van der Waals surface area contributed by atoms with Gasteiger partial charge in [-0.3, -0.25) is 4.99 Å². The molecule has 0 bridgehead atoms. The molecule has 0 amide bonds. The number of aliphatic imine (C=N–C) groups is 1. The van der Waals surface area contributed by atoms with E-state index in [-0.39, 0.29) is 17.8 Å². The summed E-state index contributed by atoms with van der Waals surface area (Å²) < 4.78 is 13.1. The topological polar surface area (TPSA) is 24.4 Å². The van der Waals surface area contributed by atoms with Crippen molar-refractivity contribution >= 4 is 5.71 Å². The van der Waals surface area contributed by atoms with Crippen LogP contribution in [0.2, 0.25) is 0 Å². The van der Waals surface area contributed by atoms with Crippen molar-refractivity contribution in [3.63, 3.8) is 0 Å². The van der Waals surface area contributed by atoms with Crippen molar-refractivity contribution in [3.05, 3.63) is 24.1 Å². The Morgan fingerprint density at radius 2 is 2.43 bits per heavy atom. The lowest BCUT2D eigenvalue weighted by Gasteiger charge is -2.26. The number of nitrogens with one attached hydrogen (secondary N) is 1. The summed E-state index contributed by atoms with van der Waals surface area (Å²) in [5, 5.41) is 3.35. The van der Waals surface area contributed by atoms with Crippen molar-refractivity contribution in [2.45, 2.75) is 12.5 Å². The summed E-state index contributed by atoms with van der Waals surface area (Å²) in [6, 6.07) is 0.203. The molecule has 0 spiro atoms. The summed E-state index contributed by atoms with van der Waals surface area (Å²) >= 11 is 0. The zero-order valence-electron chi connectivity index (χ0n) is 7.91. The van der Waals surface area contributed by atoms with Crippen LogP contribution < -0.4 is 5.32 Å². The number of fused-ring (bicyclic) bond motifs is 3. The maximum atomic E-state index is 13.1. The van der Waals surface area contributed by atoms with Crippen LogP contribution in [0.4, 0.5) is 4.39 Å². The molecule has 74 valence electrons. The van der Waals surface area contributed by atoms with Gasteiger partial charge in [-0.1, -0.05) is 6.08 Å². The van der Waals surface area contributed by atoms with Crippen LogP contribution in [0, 0.1) is 11.8 Å². The van der Waals surface area contributed by atoms with E-state index in [2.05, 4.69) is 10.3 Å². The Labute approximate surface area is 82.6 Å². The van der Waals surface area contributed by atoms with Crippen molar-refractivity contribution < 1.29 is 4.39 Å². The number of allylic oxidation sites excluding steroid dienone is 2. The van der Waals surface area contributed by atoms with Crippen LogP contribution in [0.15, 0.2) is 29.0 Å². The lowest BCUT2D eigenvalue weighted by Crippen LogP contribution is -2.38. The predicted molar refractivity (Wildman–Crippen MR) is 54.0 cm³/mol. The Kier molecular flexibility index (Phi) is 1.80. The van der Waals surface area contributed by atoms with Gasteiger partial charge >= 0.3 is 0 Å². The number of nitrogens with zero attached hydrogens (tertiary/aromatic N) is 1. The van der Waals surface area contributed by atoms with Crippen LogP contribution in [0.1, 0.15) is 6.42 Å². The molecule has 3 rings (SSSR count). The van der Waals surface area contributed by atoms with Crippen LogP contribution in [-0.4, -0.2) is 24.8 Å². The van der Waals surface area contributed by atoms with Crippen molar-refractivity contribution in [2.75, 3.05) is 13.1 Å². The van der Waals surface area contributed by atoms with E-state index in [1.807, 2.05) is 6.08 Å². The van der Waals surface area contributed by atoms with Crippen molar-refractivity contribution in [2.24, 2.45) is 16.8 Å². The predicted octanol–water partition coefficient (Wildman–Crippen LogP) is 1.46. The molecule has 3 atom stereocenters. The molecule has 3 aliphatic rings. The Morgan fingerprint density at radius 3 is 3.36 bits per heavy atom. The fourth-order valence-electron chi connectivity index (χ4n) is 2.63. The highest BCUT2D eigenvalue weighted by Crippen LogP contribution is 2.35. The highest BCUT2D eigenvalue weighted by Gasteiger charge is 2.38. The normalized spacial score (nSPS) is 39.9. The second-order valence-corrected chi connectivity index (χ2v) is 4.16. The first-order valence-electron chi connectivity index (χ1n) is 5.17. The van der Waals surface area contributed by atoms with E-state index in [0.29, 0.717) is 5.92 Å². The average molecular weight is 192 g/mol. The molecule has 1 aliphatic carbocycles. The van der Waals surface area contributed by atoms with E-state index < -0.39 is 0 Å². The number of rotatable bonds is 0. The van der Waals surface area contributed by atoms with E-state index in [0.717, 1.165) is 19.5 Å². The first-order valence-corrected chi connectivity index (χ1v) is 5.17. The van der Waals surface area contributed by atoms with Crippen LogP contribution >= 0.6 is 0 Å². The van der Waals surface area contributed by atoms with Gasteiger partial charge in [-0.05, 0) is 18.6 Å². The van der Waals surface area contributed by atoms with Gasteiger partial charge in [0.2, 0.25) is 0 Å². The van der Waals surface area contributed by atoms with Crippen molar-refractivity contribution in [3.8, 4) is 0 Å². The largest absolute Gasteiger partial charge is 0.316 e. The van der Waals surface area contributed by atoms with Crippen molar-refractivity contribution in [1.82, 2.24) is 5.32 Å². The Bertz CT molecular complexity index is 343. The molecule has 2 nitrogen and oxygen atoms in total. The number of hydrogen-bond donors (Lipinski definition) is 1. The van der Waals surface area contributed by atoms with Gasteiger partial charge < -0.3 is 5.32 Å². The summed E-state index contributed by atoms with van der Waals surface area (Å²) in [5.74, 6) is 0.598. The summed E-state index contributed by atoms with van der Waals surface area (Å²) in [7, 11) is 0. The van der Waals surface area contributed by atoms with Gasteiger partial charge in [-0.2, -0.15) is 0 Å². The molecule has 2 heterocycles. The molecule has 2 aliphatic heterocycles. The molecule has 1 fully saturated rings. The molecule has 0 aromatic carbocycles. The molecule has 14 heavy (non-hydrogen) atoms.